The molecular formula is C15H24N4O2S. The summed E-state index contributed by atoms with van der Waals surface area (Å²) in [6.45, 7) is 6.78. The topological polar surface area (TPSA) is 82.6 Å². The number of rotatable bonds is 6. The van der Waals surface area contributed by atoms with Crippen LogP contribution in [0.25, 0.3) is 0 Å². The molecular weight excluding hydrogens is 300 g/mol. The van der Waals surface area contributed by atoms with Gasteiger partial charge in [0.05, 0.1) is 4.90 Å². The average molecular weight is 324 g/mol. The Bertz CT molecular complexity index is 609. The summed E-state index contributed by atoms with van der Waals surface area (Å²) < 4.78 is 26.8. The van der Waals surface area contributed by atoms with Gasteiger partial charge in [0, 0.05) is 26.2 Å². The van der Waals surface area contributed by atoms with Crippen LogP contribution >= 0.6 is 0 Å². The predicted molar refractivity (Wildman–Crippen MR) is 88.2 cm³/mol. The molecule has 0 aliphatic carbocycles. The van der Waals surface area contributed by atoms with Gasteiger partial charge < -0.3 is 10.6 Å². The minimum absolute atomic E-state index is 0.280. The summed E-state index contributed by atoms with van der Waals surface area (Å²) in [4.78, 5) is 4.63. The third-order valence-corrected chi connectivity index (χ3v) is 4.71. The zero-order valence-electron chi connectivity index (χ0n) is 13.1. The first kappa shape index (κ1) is 16.8. The molecule has 1 aromatic carbocycles. The Labute approximate surface area is 132 Å². The quantitative estimate of drug-likeness (QED) is 0.731. The van der Waals surface area contributed by atoms with Crippen LogP contribution in [0.3, 0.4) is 0 Å². The molecule has 0 atom stereocenters. The number of sulfonamides is 1. The van der Waals surface area contributed by atoms with E-state index in [0.717, 1.165) is 31.0 Å². The second-order valence-electron chi connectivity index (χ2n) is 5.75. The monoisotopic (exact) mass is 324 g/mol. The van der Waals surface area contributed by atoms with Gasteiger partial charge in [-0.05, 0) is 30.0 Å². The molecule has 6 nitrogen and oxygen atoms in total. The predicted octanol–water partition coefficient (Wildman–Crippen LogP) is 1.06. The van der Waals surface area contributed by atoms with Crippen molar-refractivity contribution in [1.29, 1.82) is 0 Å². The maximum Gasteiger partial charge on any atom is 0.240 e. The van der Waals surface area contributed by atoms with Crippen LogP contribution in [0.1, 0.15) is 25.8 Å². The molecule has 0 amide bonds. The van der Waals surface area contributed by atoms with Crippen molar-refractivity contribution in [3.05, 3.63) is 29.8 Å². The summed E-state index contributed by atoms with van der Waals surface area (Å²) in [5, 5.41) is 6.40. The lowest BCUT2D eigenvalue weighted by Crippen LogP contribution is -2.40. The van der Waals surface area contributed by atoms with E-state index >= 15 is 0 Å². The first-order valence-electron chi connectivity index (χ1n) is 7.58. The molecule has 1 aromatic rings. The minimum Gasteiger partial charge on any atom is -0.356 e. The van der Waals surface area contributed by atoms with E-state index in [1.165, 1.54) is 0 Å². The highest BCUT2D eigenvalue weighted by Crippen LogP contribution is 2.11. The van der Waals surface area contributed by atoms with Crippen LogP contribution in [-0.4, -0.2) is 34.0 Å². The number of aliphatic imine (C=N–C) groups is 1. The summed E-state index contributed by atoms with van der Waals surface area (Å²) in [7, 11) is -3.41. The molecule has 22 heavy (non-hydrogen) atoms. The lowest BCUT2D eigenvalue weighted by molar-refractivity contribution is 0.560. The van der Waals surface area contributed by atoms with E-state index in [9.17, 15) is 8.42 Å². The Morgan fingerprint density at radius 1 is 1.27 bits per heavy atom. The summed E-state index contributed by atoms with van der Waals surface area (Å²) in [6.07, 6.45) is 1.06. The van der Waals surface area contributed by atoms with Crippen molar-refractivity contribution in [1.82, 2.24) is 15.4 Å². The third kappa shape index (κ3) is 4.99. The zero-order valence-corrected chi connectivity index (χ0v) is 13.9. The van der Waals surface area contributed by atoms with Crippen molar-refractivity contribution < 1.29 is 8.42 Å². The molecule has 0 aromatic heterocycles. The van der Waals surface area contributed by atoms with E-state index in [-0.39, 0.29) is 5.92 Å². The number of guanidine groups is 1. The Kier molecular flexibility index (Phi) is 5.79. The van der Waals surface area contributed by atoms with Gasteiger partial charge in [-0.15, -0.1) is 0 Å². The third-order valence-electron chi connectivity index (χ3n) is 3.27. The second kappa shape index (κ2) is 7.60. The number of hydrogen-bond acceptors (Lipinski definition) is 5. The fourth-order valence-corrected chi connectivity index (χ4v) is 3.20. The average Bonchev–Trinajstić information content (AvgIpc) is 2.52. The number of nitrogens with one attached hydrogen (secondary N) is 3. The van der Waals surface area contributed by atoms with Crippen molar-refractivity contribution >= 4 is 16.0 Å². The largest absolute Gasteiger partial charge is 0.356 e. The molecule has 7 heteroatoms. The van der Waals surface area contributed by atoms with Crippen molar-refractivity contribution in [3.8, 4) is 0 Å². The Balaban J connectivity index is 1.93. The summed E-state index contributed by atoms with van der Waals surface area (Å²) in [6, 6.07) is 6.91. The zero-order chi connectivity index (χ0) is 16.0. The molecule has 1 aliphatic rings. The summed E-state index contributed by atoms with van der Waals surface area (Å²) in [5.41, 5.74) is 1.01. The van der Waals surface area contributed by atoms with Crippen molar-refractivity contribution in [3.63, 3.8) is 0 Å². The summed E-state index contributed by atoms with van der Waals surface area (Å²) >= 11 is 0. The Morgan fingerprint density at radius 2 is 2.00 bits per heavy atom. The normalized spacial score (nSPS) is 15.3. The van der Waals surface area contributed by atoms with Gasteiger partial charge >= 0.3 is 0 Å². The van der Waals surface area contributed by atoms with Crippen LogP contribution < -0.4 is 15.4 Å². The maximum atomic E-state index is 12.1. The minimum atomic E-state index is -3.41. The van der Waals surface area contributed by atoms with E-state index in [2.05, 4.69) is 20.3 Å². The number of benzene rings is 1. The molecule has 0 saturated heterocycles. The standard InChI is InChI=1S/C15H24N4O2S/c1-12(2)10-19-22(20,21)14-6-4-13(5-7-14)11-18-15-16-8-3-9-17-15/h4-7,12,19H,3,8-11H2,1-2H3,(H2,16,17,18). The van der Waals surface area contributed by atoms with Gasteiger partial charge in [0.15, 0.2) is 5.96 Å². The van der Waals surface area contributed by atoms with Crippen molar-refractivity contribution in [2.24, 2.45) is 10.9 Å². The molecule has 0 spiro atoms. The molecule has 1 heterocycles. The van der Waals surface area contributed by atoms with Crippen LogP contribution in [0.2, 0.25) is 0 Å². The van der Waals surface area contributed by atoms with Crippen LogP contribution in [0.5, 0.6) is 0 Å². The molecule has 122 valence electrons. The lowest BCUT2D eigenvalue weighted by Gasteiger charge is -2.16. The number of nitrogens with zero attached hydrogens (tertiary/aromatic N) is 1. The van der Waals surface area contributed by atoms with Gasteiger partial charge in [0.2, 0.25) is 10.0 Å². The smallest absolute Gasteiger partial charge is 0.240 e. The molecule has 0 bridgehead atoms. The van der Waals surface area contributed by atoms with E-state index in [4.69, 9.17) is 0 Å². The van der Waals surface area contributed by atoms with E-state index in [0.29, 0.717) is 18.0 Å². The molecule has 0 radical (unpaired) electrons. The van der Waals surface area contributed by atoms with E-state index in [1.807, 2.05) is 26.0 Å². The molecule has 1 aliphatic heterocycles. The fraction of sp³-hybridized carbons (Fsp3) is 0.533. The molecule has 0 unspecified atom stereocenters. The van der Waals surface area contributed by atoms with Crippen LogP contribution in [0.4, 0.5) is 0 Å². The van der Waals surface area contributed by atoms with E-state index < -0.39 is 10.0 Å². The van der Waals surface area contributed by atoms with Crippen LogP contribution in [0.15, 0.2) is 34.2 Å². The van der Waals surface area contributed by atoms with Crippen LogP contribution in [0, 0.1) is 5.92 Å². The van der Waals surface area contributed by atoms with Gasteiger partial charge in [0.1, 0.15) is 0 Å². The van der Waals surface area contributed by atoms with Crippen molar-refractivity contribution in [2.45, 2.75) is 31.7 Å². The van der Waals surface area contributed by atoms with Gasteiger partial charge in [-0.3, -0.25) is 4.99 Å². The number of hydrogen-bond donors (Lipinski definition) is 3. The Hall–Kier alpha value is -1.60. The van der Waals surface area contributed by atoms with Gasteiger partial charge in [0.25, 0.3) is 0 Å². The fourth-order valence-electron chi connectivity index (χ4n) is 1.98. The van der Waals surface area contributed by atoms with Crippen molar-refractivity contribution in [2.75, 3.05) is 19.6 Å². The van der Waals surface area contributed by atoms with Gasteiger partial charge in [-0.2, -0.15) is 0 Å². The maximum absolute atomic E-state index is 12.1. The SMILES string of the molecule is CC(C)CNS(=O)(=O)c1ccc(CNC2=NCCCN2)cc1. The molecule has 0 saturated carbocycles. The van der Waals surface area contributed by atoms with E-state index in [1.54, 1.807) is 12.1 Å². The first-order valence-corrected chi connectivity index (χ1v) is 9.06. The van der Waals surface area contributed by atoms with Crippen LogP contribution in [-0.2, 0) is 16.6 Å². The second-order valence-corrected chi connectivity index (χ2v) is 7.52. The first-order chi connectivity index (χ1) is 10.5. The summed E-state index contributed by atoms with van der Waals surface area (Å²) in [5.74, 6) is 1.09. The highest BCUT2D eigenvalue weighted by molar-refractivity contribution is 7.89. The van der Waals surface area contributed by atoms with Gasteiger partial charge in [-0.25, -0.2) is 13.1 Å². The highest BCUT2D eigenvalue weighted by Gasteiger charge is 2.13. The molecule has 0 fully saturated rings. The lowest BCUT2D eigenvalue weighted by atomic mass is 10.2. The highest BCUT2D eigenvalue weighted by atomic mass is 32.2. The molecule has 3 N–H and O–H groups in total. The molecule has 2 rings (SSSR count). The van der Waals surface area contributed by atoms with Gasteiger partial charge in [-0.1, -0.05) is 26.0 Å². The Morgan fingerprint density at radius 3 is 2.59 bits per heavy atom.